The van der Waals surface area contributed by atoms with E-state index in [1.54, 1.807) is 17.9 Å². The molecule has 0 spiro atoms. The lowest BCUT2D eigenvalue weighted by atomic mass is 9.93. The van der Waals surface area contributed by atoms with Gasteiger partial charge < -0.3 is 4.52 Å². The largest absolute Gasteiger partial charge is 0.340 e. The Morgan fingerprint density at radius 3 is 2.62 bits per heavy atom. The van der Waals surface area contributed by atoms with Crippen LogP contribution in [0, 0.1) is 13.8 Å². The third kappa shape index (κ3) is 2.10. The predicted molar refractivity (Wildman–Crippen MR) is 56.8 cm³/mol. The first kappa shape index (κ1) is 10.8. The Labute approximate surface area is 93.7 Å². The molecule has 2 rings (SSSR count). The summed E-state index contributed by atoms with van der Waals surface area (Å²) in [5.41, 5.74) is -0.224. The SMILES string of the molecule is Cc1ncn(CC(C)(C)c2noc(C)n2)n1. The van der Waals surface area contributed by atoms with Crippen LogP contribution in [0.15, 0.2) is 10.9 Å². The average molecular weight is 221 g/mol. The molecule has 2 aromatic rings. The van der Waals surface area contributed by atoms with Crippen molar-refractivity contribution in [2.24, 2.45) is 0 Å². The molecule has 0 atom stereocenters. The van der Waals surface area contributed by atoms with Gasteiger partial charge in [-0.2, -0.15) is 10.1 Å². The van der Waals surface area contributed by atoms with Crippen molar-refractivity contribution in [3.63, 3.8) is 0 Å². The van der Waals surface area contributed by atoms with Crippen molar-refractivity contribution in [3.8, 4) is 0 Å². The first-order chi connectivity index (χ1) is 7.47. The van der Waals surface area contributed by atoms with Crippen LogP contribution < -0.4 is 0 Å². The summed E-state index contributed by atoms with van der Waals surface area (Å²) in [6, 6.07) is 0. The zero-order valence-electron chi connectivity index (χ0n) is 9.93. The number of hydrogen-bond donors (Lipinski definition) is 0. The summed E-state index contributed by atoms with van der Waals surface area (Å²) in [4.78, 5) is 8.33. The smallest absolute Gasteiger partial charge is 0.223 e. The molecule has 0 aromatic carbocycles. The van der Waals surface area contributed by atoms with Gasteiger partial charge in [-0.3, -0.25) is 4.68 Å². The van der Waals surface area contributed by atoms with Crippen LogP contribution >= 0.6 is 0 Å². The molecule has 0 aliphatic carbocycles. The second-order valence-corrected chi connectivity index (χ2v) is 4.51. The quantitative estimate of drug-likeness (QED) is 0.780. The third-order valence-corrected chi connectivity index (χ3v) is 2.34. The topological polar surface area (TPSA) is 69.6 Å². The Hall–Kier alpha value is -1.72. The van der Waals surface area contributed by atoms with Crippen LogP contribution in [0.4, 0.5) is 0 Å². The van der Waals surface area contributed by atoms with E-state index in [1.807, 2.05) is 20.8 Å². The summed E-state index contributed by atoms with van der Waals surface area (Å²) in [6.45, 7) is 8.42. The van der Waals surface area contributed by atoms with Crippen molar-refractivity contribution < 1.29 is 4.52 Å². The van der Waals surface area contributed by atoms with Gasteiger partial charge >= 0.3 is 0 Å². The number of aromatic nitrogens is 5. The van der Waals surface area contributed by atoms with E-state index >= 15 is 0 Å². The zero-order chi connectivity index (χ0) is 11.8. The lowest BCUT2D eigenvalue weighted by Crippen LogP contribution is -2.26. The minimum atomic E-state index is -0.224. The monoisotopic (exact) mass is 221 g/mol. The molecular weight excluding hydrogens is 206 g/mol. The van der Waals surface area contributed by atoms with Gasteiger partial charge in [-0.05, 0) is 6.92 Å². The summed E-state index contributed by atoms with van der Waals surface area (Å²) in [7, 11) is 0. The van der Waals surface area contributed by atoms with Crippen LogP contribution in [0.25, 0.3) is 0 Å². The Bertz CT molecular complexity index is 485. The van der Waals surface area contributed by atoms with Gasteiger partial charge in [0.2, 0.25) is 5.89 Å². The molecule has 0 aliphatic heterocycles. The van der Waals surface area contributed by atoms with Gasteiger partial charge in [-0.25, -0.2) is 4.98 Å². The fraction of sp³-hybridized carbons (Fsp3) is 0.600. The normalized spacial score (nSPS) is 12.0. The predicted octanol–water partition coefficient (Wildman–Crippen LogP) is 1.26. The molecule has 6 heteroatoms. The molecule has 86 valence electrons. The molecule has 2 heterocycles. The van der Waals surface area contributed by atoms with Gasteiger partial charge in [0.05, 0.1) is 6.54 Å². The molecule has 16 heavy (non-hydrogen) atoms. The zero-order valence-corrected chi connectivity index (χ0v) is 9.93. The molecule has 0 saturated heterocycles. The van der Waals surface area contributed by atoms with Crippen molar-refractivity contribution in [1.82, 2.24) is 24.9 Å². The Morgan fingerprint density at radius 2 is 2.12 bits per heavy atom. The number of hydrogen-bond acceptors (Lipinski definition) is 5. The van der Waals surface area contributed by atoms with E-state index in [9.17, 15) is 0 Å². The van der Waals surface area contributed by atoms with Crippen LogP contribution in [0.2, 0.25) is 0 Å². The lowest BCUT2D eigenvalue weighted by molar-refractivity contribution is 0.344. The van der Waals surface area contributed by atoms with Gasteiger partial charge in [0.1, 0.15) is 12.2 Å². The maximum absolute atomic E-state index is 4.99. The van der Waals surface area contributed by atoms with Crippen molar-refractivity contribution in [1.29, 1.82) is 0 Å². The van der Waals surface area contributed by atoms with Crippen LogP contribution in [-0.4, -0.2) is 24.9 Å². The second kappa shape index (κ2) is 3.70. The summed E-state index contributed by atoms with van der Waals surface area (Å²) in [5.74, 6) is 2.04. The van der Waals surface area contributed by atoms with E-state index in [-0.39, 0.29) is 5.41 Å². The Balaban J connectivity index is 2.19. The van der Waals surface area contributed by atoms with E-state index in [2.05, 4.69) is 20.2 Å². The number of nitrogens with zero attached hydrogens (tertiary/aromatic N) is 5. The minimum Gasteiger partial charge on any atom is -0.340 e. The standard InChI is InChI=1S/C10H15N5O/c1-7-11-6-15(13-7)5-10(3,4)9-12-8(2)16-14-9/h6H,5H2,1-4H3. The highest BCUT2D eigenvalue weighted by Gasteiger charge is 2.27. The molecule has 0 bridgehead atoms. The molecule has 6 nitrogen and oxygen atoms in total. The van der Waals surface area contributed by atoms with Crippen molar-refractivity contribution in [2.75, 3.05) is 0 Å². The molecule has 0 fully saturated rings. The summed E-state index contributed by atoms with van der Waals surface area (Å²) >= 11 is 0. The first-order valence-corrected chi connectivity index (χ1v) is 5.14. The van der Waals surface area contributed by atoms with Gasteiger partial charge in [0, 0.05) is 12.3 Å². The average Bonchev–Trinajstić information content (AvgIpc) is 2.75. The van der Waals surface area contributed by atoms with E-state index in [4.69, 9.17) is 4.52 Å². The van der Waals surface area contributed by atoms with Crippen LogP contribution in [-0.2, 0) is 12.0 Å². The summed E-state index contributed by atoms with van der Waals surface area (Å²) in [5, 5.41) is 8.19. The fourth-order valence-corrected chi connectivity index (χ4v) is 1.51. The van der Waals surface area contributed by atoms with Crippen molar-refractivity contribution >= 4 is 0 Å². The van der Waals surface area contributed by atoms with E-state index in [0.717, 1.165) is 5.82 Å². The van der Waals surface area contributed by atoms with Crippen molar-refractivity contribution in [3.05, 3.63) is 23.9 Å². The molecular formula is C10H15N5O. The summed E-state index contributed by atoms with van der Waals surface area (Å²) < 4.78 is 6.78. The maximum Gasteiger partial charge on any atom is 0.223 e. The van der Waals surface area contributed by atoms with Gasteiger partial charge in [0.25, 0.3) is 0 Å². The molecule has 0 aliphatic rings. The second-order valence-electron chi connectivity index (χ2n) is 4.51. The first-order valence-electron chi connectivity index (χ1n) is 5.14. The molecule has 0 radical (unpaired) electrons. The van der Waals surface area contributed by atoms with E-state index in [1.165, 1.54) is 0 Å². The highest BCUT2D eigenvalue weighted by molar-refractivity contribution is 5.01. The summed E-state index contributed by atoms with van der Waals surface area (Å²) in [6.07, 6.45) is 1.71. The van der Waals surface area contributed by atoms with Gasteiger partial charge in [-0.1, -0.05) is 19.0 Å². The van der Waals surface area contributed by atoms with Crippen LogP contribution in [0.3, 0.4) is 0 Å². The lowest BCUT2D eigenvalue weighted by Gasteiger charge is -2.19. The maximum atomic E-state index is 4.99. The van der Waals surface area contributed by atoms with Gasteiger partial charge in [0.15, 0.2) is 5.82 Å². The highest BCUT2D eigenvalue weighted by Crippen LogP contribution is 2.21. The molecule has 0 N–H and O–H groups in total. The number of aryl methyl sites for hydroxylation is 2. The van der Waals surface area contributed by atoms with E-state index in [0.29, 0.717) is 18.3 Å². The van der Waals surface area contributed by atoms with Crippen molar-refractivity contribution in [2.45, 2.75) is 39.7 Å². The van der Waals surface area contributed by atoms with Crippen LogP contribution in [0.5, 0.6) is 0 Å². The third-order valence-electron chi connectivity index (χ3n) is 2.34. The fourth-order valence-electron chi connectivity index (χ4n) is 1.51. The molecule has 0 saturated carbocycles. The highest BCUT2D eigenvalue weighted by atomic mass is 16.5. The van der Waals surface area contributed by atoms with E-state index < -0.39 is 0 Å². The number of rotatable bonds is 3. The Morgan fingerprint density at radius 1 is 1.38 bits per heavy atom. The molecule has 0 amide bonds. The molecule has 2 aromatic heterocycles. The molecule has 0 unspecified atom stereocenters. The Kier molecular flexibility index (Phi) is 2.49. The van der Waals surface area contributed by atoms with Crippen LogP contribution in [0.1, 0.15) is 31.4 Å². The minimum absolute atomic E-state index is 0.224. The van der Waals surface area contributed by atoms with Gasteiger partial charge in [-0.15, -0.1) is 0 Å².